The molecule has 1 aromatic rings. The normalized spacial score (nSPS) is 19.8. The van der Waals surface area contributed by atoms with Gasteiger partial charge in [0.1, 0.15) is 0 Å². The van der Waals surface area contributed by atoms with Crippen molar-refractivity contribution in [1.82, 2.24) is 5.48 Å². The maximum Gasteiger partial charge on any atom is 0.416 e. The number of hydrogen-bond donors (Lipinski definition) is 3. The molecule has 0 bridgehead atoms. The summed E-state index contributed by atoms with van der Waals surface area (Å²) in [5.74, 6) is -4.82. The van der Waals surface area contributed by atoms with E-state index in [-0.39, 0.29) is 38.5 Å². The predicted molar refractivity (Wildman–Crippen MR) is 90.4 cm³/mol. The maximum atomic E-state index is 13.3. The lowest BCUT2D eigenvalue weighted by Crippen LogP contribution is -2.38. The van der Waals surface area contributed by atoms with Crippen LogP contribution in [0, 0.1) is 18.3 Å². The molecule has 3 N–H and O–H groups in total. The van der Waals surface area contributed by atoms with E-state index in [4.69, 9.17) is 5.21 Å². The molecule has 0 spiro atoms. The van der Waals surface area contributed by atoms with Gasteiger partial charge in [-0.3, -0.25) is 10.0 Å². The van der Waals surface area contributed by atoms with Gasteiger partial charge >= 0.3 is 6.18 Å². The lowest BCUT2D eigenvalue weighted by atomic mass is 9.75. The smallest absolute Gasteiger partial charge is 0.393 e. The van der Waals surface area contributed by atoms with Crippen LogP contribution in [0.2, 0.25) is 0 Å². The molecule has 1 aromatic carbocycles. The molecule has 157 valence electrons. The number of benzene rings is 1. The van der Waals surface area contributed by atoms with Crippen molar-refractivity contribution in [2.24, 2.45) is 11.8 Å². The van der Waals surface area contributed by atoms with Crippen molar-refractivity contribution >= 4 is 5.91 Å². The van der Waals surface area contributed by atoms with Crippen LogP contribution < -0.4 is 5.48 Å². The first kappa shape index (κ1) is 22.5. The summed E-state index contributed by atoms with van der Waals surface area (Å²) in [7, 11) is 0. The van der Waals surface area contributed by atoms with E-state index in [2.05, 4.69) is 0 Å². The Bertz CT molecular complexity index is 655. The van der Waals surface area contributed by atoms with Gasteiger partial charge in [-0.25, -0.2) is 14.3 Å². The summed E-state index contributed by atoms with van der Waals surface area (Å²) in [4.78, 5) is 11.9. The van der Waals surface area contributed by atoms with Crippen LogP contribution in [0.15, 0.2) is 24.3 Å². The van der Waals surface area contributed by atoms with Crippen LogP contribution in [0.3, 0.4) is 0 Å². The number of hydrogen-bond acceptors (Lipinski definition) is 3. The quantitative estimate of drug-likeness (QED) is 0.361. The van der Waals surface area contributed by atoms with E-state index in [1.54, 1.807) is 0 Å². The summed E-state index contributed by atoms with van der Waals surface area (Å²) < 4.78 is 64.9. The number of alkyl halides is 5. The molecule has 1 amide bonds. The number of amides is 1. The van der Waals surface area contributed by atoms with Crippen molar-refractivity contribution in [2.75, 3.05) is 0 Å². The third-order valence-electron chi connectivity index (χ3n) is 5.15. The lowest BCUT2D eigenvalue weighted by molar-refractivity contribution is -0.139. The molecule has 28 heavy (non-hydrogen) atoms. The number of hydroxylamine groups is 1. The molecule has 1 radical (unpaired) electrons. The Morgan fingerprint density at radius 2 is 1.93 bits per heavy atom. The van der Waals surface area contributed by atoms with E-state index in [1.165, 1.54) is 24.0 Å². The van der Waals surface area contributed by atoms with Gasteiger partial charge in [0.15, 0.2) is 0 Å². The highest BCUT2D eigenvalue weighted by atomic mass is 19.4. The number of nitrogens with one attached hydrogen (secondary N) is 1. The Labute approximate surface area is 159 Å². The third-order valence-corrected chi connectivity index (χ3v) is 5.15. The standard InChI is InChI=1S/C19H23F5NO3/c20-18(21)8-6-13(7-9-18)16(17(27)25-28)11-15(26)5-4-12-2-1-3-14(10-12)19(22,23)24/h1-3,5,10,13,15-16,26,28H,4,6-9,11H2,(H,25,27). The monoisotopic (exact) mass is 408 g/mol. The van der Waals surface area contributed by atoms with Gasteiger partial charge in [-0.05, 0) is 49.7 Å². The van der Waals surface area contributed by atoms with Crippen molar-refractivity contribution in [2.45, 2.75) is 56.7 Å². The topological polar surface area (TPSA) is 69.6 Å². The molecule has 9 heteroatoms. The van der Waals surface area contributed by atoms with E-state index in [1.807, 2.05) is 0 Å². The SMILES string of the molecule is O=C(NO)C(CC(O)[CH]Cc1cccc(C(F)(F)F)c1)C1CCC(F)(F)CC1. The number of aliphatic hydroxyl groups is 1. The highest BCUT2D eigenvalue weighted by Crippen LogP contribution is 2.40. The average Bonchev–Trinajstić information content (AvgIpc) is 2.64. The van der Waals surface area contributed by atoms with Crippen LogP contribution in [-0.4, -0.2) is 28.2 Å². The molecular weight excluding hydrogens is 385 g/mol. The summed E-state index contributed by atoms with van der Waals surface area (Å²) in [5, 5.41) is 19.1. The molecule has 4 nitrogen and oxygen atoms in total. The Morgan fingerprint density at radius 1 is 1.29 bits per heavy atom. The third kappa shape index (κ3) is 6.41. The molecule has 1 saturated carbocycles. The molecular formula is C19H23F5NO3. The maximum absolute atomic E-state index is 13.3. The van der Waals surface area contributed by atoms with E-state index >= 15 is 0 Å². The fourth-order valence-corrected chi connectivity index (χ4v) is 3.56. The van der Waals surface area contributed by atoms with Crippen LogP contribution in [0.4, 0.5) is 22.0 Å². The minimum Gasteiger partial charge on any atom is -0.393 e. The number of halogens is 5. The lowest BCUT2D eigenvalue weighted by Gasteiger charge is -2.33. The second kappa shape index (κ2) is 9.17. The van der Waals surface area contributed by atoms with Crippen molar-refractivity contribution in [3.05, 3.63) is 41.8 Å². The van der Waals surface area contributed by atoms with Gasteiger partial charge in [0.05, 0.1) is 11.7 Å². The fraction of sp³-hybridized carbons (Fsp3) is 0.579. The first-order valence-electron chi connectivity index (χ1n) is 9.01. The summed E-state index contributed by atoms with van der Waals surface area (Å²) in [5.41, 5.74) is 1.05. The van der Waals surface area contributed by atoms with Crippen LogP contribution in [0.25, 0.3) is 0 Å². The fourth-order valence-electron chi connectivity index (χ4n) is 3.56. The average molecular weight is 408 g/mol. The highest BCUT2D eigenvalue weighted by molar-refractivity contribution is 5.77. The molecule has 2 atom stereocenters. The van der Waals surface area contributed by atoms with E-state index in [0.717, 1.165) is 12.1 Å². The number of rotatable bonds is 7. The molecule has 0 heterocycles. The van der Waals surface area contributed by atoms with Gasteiger partial charge in [-0.15, -0.1) is 0 Å². The number of carbonyl (C=O) groups is 1. The van der Waals surface area contributed by atoms with Crippen molar-refractivity contribution in [3.8, 4) is 0 Å². The second-order valence-corrected chi connectivity index (χ2v) is 7.22. The van der Waals surface area contributed by atoms with Gasteiger partial charge < -0.3 is 5.11 Å². The van der Waals surface area contributed by atoms with Gasteiger partial charge in [0, 0.05) is 18.8 Å². The Balaban J connectivity index is 1.95. The summed E-state index contributed by atoms with van der Waals surface area (Å²) in [6.45, 7) is 0. The van der Waals surface area contributed by atoms with Crippen LogP contribution in [-0.2, 0) is 17.4 Å². The zero-order valence-corrected chi connectivity index (χ0v) is 15.1. The molecule has 0 aliphatic heterocycles. The Kier molecular flexibility index (Phi) is 7.39. The minimum absolute atomic E-state index is 0.0429. The molecule has 2 unspecified atom stereocenters. The molecule has 2 rings (SSSR count). The highest BCUT2D eigenvalue weighted by Gasteiger charge is 2.40. The summed E-state index contributed by atoms with van der Waals surface area (Å²) in [6, 6.07) is 4.67. The van der Waals surface area contributed by atoms with Crippen LogP contribution in [0.5, 0.6) is 0 Å². The van der Waals surface area contributed by atoms with Crippen molar-refractivity contribution in [3.63, 3.8) is 0 Å². The summed E-state index contributed by atoms with van der Waals surface area (Å²) >= 11 is 0. The minimum atomic E-state index is -4.47. The van der Waals surface area contributed by atoms with Gasteiger partial charge in [0.25, 0.3) is 0 Å². The first-order valence-corrected chi connectivity index (χ1v) is 9.01. The first-order chi connectivity index (χ1) is 13.0. The number of aliphatic hydroxyl groups excluding tert-OH is 1. The summed E-state index contributed by atoms with van der Waals surface area (Å²) in [6.07, 6.45) is -4.86. The van der Waals surface area contributed by atoms with E-state index in [9.17, 15) is 31.9 Å². The molecule has 1 fully saturated rings. The molecule has 0 aromatic heterocycles. The zero-order chi connectivity index (χ0) is 20.9. The van der Waals surface area contributed by atoms with E-state index in [0.29, 0.717) is 5.56 Å². The molecule has 1 aliphatic rings. The number of carbonyl (C=O) groups excluding carboxylic acids is 1. The Hall–Kier alpha value is -1.74. The van der Waals surface area contributed by atoms with Crippen LogP contribution >= 0.6 is 0 Å². The second-order valence-electron chi connectivity index (χ2n) is 7.22. The van der Waals surface area contributed by atoms with Gasteiger partial charge in [0.2, 0.25) is 11.8 Å². The van der Waals surface area contributed by atoms with Gasteiger partial charge in [-0.1, -0.05) is 18.2 Å². The van der Waals surface area contributed by atoms with Crippen LogP contribution in [0.1, 0.15) is 43.2 Å². The molecule has 0 saturated heterocycles. The Morgan fingerprint density at radius 3 is 2.50 bits per heavy atom. The van der Waals surface area contributed by atoms with Gasteiger partial charge in [-0.2, -0.15) is 13.2 Å². The van der Waals surface area contributed by atoms with Crippen molar-refractivity contribution in [1.29, 1.82) is 0 Å². The predicted octanol–water partition coefficient (Wildman–Crippen LogP) is 4.15. The van der Waals surface area contributed by atoms with E-state index < -0.39 is 41.5 Å². The zero-order valence-electron chi connectivity index (χ0n) is 15.1. The molecule has 1 aliphatic carbocycles. The van der Waals surface area contributed by atoms with Crippen molar-refractivity contribution < 1.29 is 37.1 Å². The largest absolute Gasteiger partial charge is 0.416 e.